The maximum absolute atomic E-state index is 13.8. The second-order valence-corrected chi connectivity index (χ2v) is 11.6. The van der Waals surface area contributed by atoms with E-state index < -0.39 is 27.3 Å². The van der Waals surface area contributed by atoms with Crippen LogP contribution in [-0.2, 0) is 9.84 Å². The molecule has 1 N–H and O–H groups in total. The molecule has 1 heterocycles. The van der Waals surface area contributed by atoms with E-state index in [2.05, 4.69) is 13.8 Å². The number of fused-ring (bicyclic) bond motifs is 1. The number of methoxy groups -OCH3 is 1. The summed E-state index contributed by atoms with van der Waals surface area (Å²) in [5.41, 5.74) is 1.83. The van der Waals surface area contributed by atoms with Gasteiger partial charge in [0.2, 0.25) is 0 Å². The summed E-state index contributed by atoms with van der Waals surface area (Å²) in [6, 6.07) is 13.2. The molecule has 3 rings (SSSR count). The van der Waals surface area contributed by atoms with Gasteiger partial charge in [-0.15, -0.1) is 0 Å². The molecule has 0 aliphatic carbocycles. The van der Waals surface area contributed by atoms with Gasteiger partial charge in [0.15, 0.2) is 9.84 Å². The van der Waals surface area contributed by atoms with E-state index in [1.807, 2.05) is 55.4 Å². The Morgan fingerprint density at radius 2 is 1.64 bits per heavy atom. The molecule has 0 spiro atoms. The number of sulfone groups is 1. The normalized spacial score (nSPS) is 21.2. The van der Waals surface area contributed by atoms with Gasteiger partial charge >= 0.3 is 0 Å². The molecular formula is C27H39NO4S. The summed E-state index contributed by atoms with van der Waals surface area (Å²) >= 11 is 0. The molecule has 0 saturated heterocycles. The molecule has 0 saturated carbocycles. The van der Waals surface area contributed by atoms with Crippen LogP contribution < -0.4 is 9.64 Å². The number of unbranched alkanes of at least 4 members (excludes halogenated alkanes) is 2. The monoisotopic (exact) mass is 473 g/mol. The van der Waals surface area contributed by atoms with Crippen LogP contribution in [0, 0.1) is 5.41 Å². The molecule has 2 aromatic rings. The maximum atomic E-state index is 13.8. The van der Waals surface area contributed by atoms with Gasteiger partial charge < -0.3 is 14.7 Å². The minimum Gasteiger partial charge on any atom is -0.497 e. The Morgan fingerprint density at radius 1 is 1.03 bits per heavy atom. The standard InChI is InChI=1S/C27H39NO4S/c1-6-8-16-27(17-9-7-2)19-33(30,31)24-15-12-21(28(3)4)18-23(24)25(26(27)29)20-10-13-22(32-5)14-11-20/h10-15,18,25-26,29H,6-9,16-17,19H2,1-5H3/t25-,26?/m1/s1. The topological polar surface area (TPSA) is 66.8 Å². The fraction of sp³-hybridized carbons (Fsp3) is 0.556. The second kappa shape index (κ2) is 10.5. The molecule has 0 bridgehead atoms. The van der Waals surface area contributed by atoms with Gasteiger partial charge in [-0.25, -0.2) is 8.42 Å². The van der Waals surface area contributed by atoms with Crippen molar-refractivity contribution < 1.29 is 18.3 Å². The van der Waals surface area contributed by atoms with Crippen molar-refractivity contribution in [2.75, 3.05) is 31.9 Å². The molecule has 1 aliphatic rings. The first-order valence-electron chi connectivity index (χ1n) is 12.0. The van der Waals surface area contributed by atoms with Crippen molar-refractivity contribution in [1.82, 2.24) is 0 Å². The third-order valence-corrected chi connectivity index (χ3v) is 9.13. The Kier molecular flexibility index (Phi) is 8.12. The van der Waals surface area contributed by atoms with Crippen molar-refractivity contribution in [3.63, 3.8) is 0 Å². The zero-order chi connectivity index (χ0) is 24.2. The molecule has 6 heteroatoms. The number of rotatable bonds is 9. The van der Waals surface area contributed by atoms with Crippen LogP contribution in [0.2, 0.25) is 0 Å². The van der Waals surface area contributed by atoms with Crippen molar-refractivity contribution in [3.05, 3.63) is 53.6 Å². The molecule has 0 aromatic heterocycles. The SMILES string of the molecule is CCCCC1(CCCC)CS(=O)(=O)c2ccc(N(C)C)cc2[C@@H](c2ccc(OC)cc2)C1O. The fourth-order valence-electron chi connectivity index (χ4n) is 5.20. The quantitative estimate of drug-likeness (QED) is 0.528. The number of hydrogen-bond donors (Lipinski definition) is 1. The van der Waals surface area contributed by atoms with Crippen LogP contribution in [0.5, 0.6) is 5.75 Å². The summed E-state index contributed by atoms with van der Waals surface area (Å²) in [6.07, 6.45) is 4.31. The maximum Gasteiger partial charge on any atom is 0.179 e. The molecule has 0 amide bonds. The van der Waals surface area contributed by atoms with Gasteiger partial charge in [0, 0.05) is 31.1 Å². The van der Waals surface area contributed by atoms with E-state index in [4.69, 9.17) is 4.74 Å². The lowest BCUT2D eigenvalue weighted by atomic mass is 9.68. The smallest absolute Gasteiger partial charge is 0.179 e. The van der Waals surface area contributed by atoms with Crippen LogP contribution in [0.3, 0.4) is 0 Å². The molecule has 5 nitrogen and oxygen atoms in total. The minimum atomic E-state index is -3.58. The predicted molar refractivity (Wildman–Crippen MR) is 135 cm³/mol. The lowest BCUT2D eigenvalue weighted by Crippen LogP contribution is -2.43. The van der Waals surface area contributed by atoms with Gasteiger partial charge in [-0.3, -0.25) is 0 Å². The summed E-state index contributed by atoms with van der Waals surface area (Å²) in [5.74, 6) is 0.291. The molecule has 182 valence electrons. The molecule has 1 aliphatic heterocycles. The van der Waals surface area contributed by atoms with Crippen molar-refractivity contribution >= 4 is 15.5 Å². The van der Waals surface area contributed by atoms with E-state index in [-0.39, 0.29) is 5.75 Å². The first-order chi connectivity index (χ1) is 15.7. The van der Waals surface area contributed by atoms with E-state index in [0.717, 1.165) is 42.7 Å². The van der Waals surface area contributed by atoms with Crippen LogP contribution in [0.1, 0.15) is 69.4 Å². The number of ether oxygens (including phenoxy) is 1. The van der Waals surface area contributed by atoms with Crippen molar-refractivity contribution in [3.8, 4) is 5.75 Å². The van der Waals surface area contributed by atoms with Gasteiger partial charge in [0.25, 0.3) is 0 Å². The van der Waals surface area contributed by atoms with Crippen LogP contribution >= 0.6 is 0 Å². The number of nitrogens with zero attached hydrogens (tertiary/aromatic N) is 1. The van der Waals surface area contributed by atoms with Crippen LogP contribution in [0.15, 0.2) is 47.4 Å². The van der Waals surface area contributed by atoms with E-state index in [1.54, 1.807) is 13.2 Å². The van der Waals surface area contributed by atoms with Gasteiger partial charge in [0.05, 0.1) is 23.9 Å². The highest BCUT2D eigenvalue weighted by Crippen LogP contribution is 2.50. The molecule has 0 radical (unpaired) electrons. The Hall–Kier alpha value is -2.05. The molecule has 33 heavy (non-hydrogen) atoms. The second-order valence-electron chi connectivity index (χ2n) is 9.64. The zero-order valence-electron chi connectivity index (χ0n) is 20.7. The summed E-state index contributed by atoms with van der Waals surface area (Å²) in [5, 5.41) is 12.1. The van der Waals surface area contributed by atoms with E-state index in [0.29, 0.717) is 23.3 Å². The molecular weight excluding hydrogens is 434 g/mol. The Bertz CT molecular complexity index is 1020. The average Bonchev–Trinajstić information content (AvgIpc) is 2.87. The first-order valence-corrected chi connectivity index (χ1v) is 13.7. The van der Waals surface area contributed by atoms with Crippen molar-refractivity contribution in [2.45, 2.75) is 69.3 Å². The highest BCUT2D eigenvalue weighted by Gasteiger charge is 2.49. The molecule has 0 fully saturated rings. The highest BCUT2D eigenvalue weighted by molar-refractivity contribution is 7.91. The number of anilines is 1. The summed E-state index contributed by atoms with van der Waals surface area (Å²) in [6.45, 7) is 4.23. The van der Waals surface area contributed by atoms with Crippen LogP contribution in [-0.4, -0.2) is 46.6 Å². The summed E-state index contributed by atoms with van der Waals surface area (Å²) < 4.78 is 32.9. The number of hydrogen-bond acceptors (Lipinski definition) is 5. The lowest BCUT2D eigenvalue weighted by molar-refractivity contribution is 0.0127. The average molecular weight is 474 g/mol. The van der Waals surface area contributed by atoms with Crippen LogP contribution in [0.25, 0.3) is 0 Å². The van der Waals surface area contributed by atoms with Crippen LogP contribution in [0.4, 0.5) is 5.69 Å². The van der Waals surface area contributed by atoms with Gasteiger partial charge in [-0.1, -0.05) is 51.7 Å². The predicted octanol–water partition coefficient (Wildman–Crippen LogP) is 5.41. The minimum absolute atomic E-state index is 0.0118. The Balaban J connectivity index is 2.29. The first kappa shape index (κ1) is 25.6. The molecule has 2 aromatic carbocycles. The number of benzene rings is 2. The third kappa shape index (κ3) is 5.22. The van der Waals surface area contributed by atoms with Crippen molar-refractivity contribution in [2.24, 2.45) is 5.41 Å². The third-order valence-electron chi connectivity index (χ3n) is 7.13. The summed E-state index contributed by atoms with van der Waals surface area (Å²) in [4.78, 5) is 2.32. The zero-order valence-corrected chi connectivity index (χ0v) is 21.5. The van der Waals surface area contributed by atoms with E-state index >= 15 is 0 Å². The van der Waals surface area contributed by atoms with E-state index in [1.165, 1.54) is 0 Å². The van der Waals surface area contributed by atoms with Gasteiger partial charge in [-0.05, 0) is 54.3 Å². The van der Waals surface area contributed by atoms with Crippen molar-refractivity contribution in [1.29, 1.82) is 0 Å². The fourth-order valence-corrected chi connectivity index (χ4v) is 7.39. The van der Waals surface area contributed by atoms with Gasteiger partial charge in [-0.2, -0.15) is 0 Å². The molecule has 2 atom stereocenters. The highest BCUT2D eigenvalue weighted by atomic mass is 32.2. The van der Waals surface area contributed by atoms with E-state index in [9.17, 15) is 13.5 Å². The summed E-state index contributed by atoms with van der Waals surface area (Å²) in [7, 11) is 1.93. The number of aliphatic hydroxyl groups is 1. The molecule has 1 unspecified atom stereocenters. The Morgan fingerprint density at radius 3 is 2.15 bits per heavy atom. The number of aliphatic hydroxyl groups excluding tert-OH is 1. The lowest BCUT2D eigenvalue weighted by Gasteiger charge is -2.40. The largest absolute Gasteiger partial charge is 0.497 e. The Labute approximate surface area is 199 Å². The van der Waals surface area contributed by atoms with Gasteiger partial charge in [0.1, 0.15) is 5.75 Å².